The summed E-state index contributed by atoms with van der Waals surface area (Å²) in [6.07, 6.45) is 0. The smallest absolute Gasteiger partial charge is 0.368 e. The Balaban J connectivity index is 1.83. The third-order valence-electron chi connectivity index (χ3n) is 6.48. The predicted octanol–water partition coefficient (Wildman–Crippen LogP) is 1.75. The van der Waals surface area contributed by atoms with Gasteiger partial charge in [-0.25, -0.2) is 9.69 Å². The van der Waals surface area contributed by atoms with Gasteiger partial charge in [0.15, 0.2) is 0 Å². The number of fused-ring (bicyclic) bond motifs is 1. The van der Waals surface area contributed by atoms with Crippen molar-refractivity contribution in [2.45, 2.75) is 32.4 Å². The first kappa shape index (κ1) is 21.1. The molecule has 2 aromatic carbocycles. The number of ether oxygens (including phenoxy) is 2. The van der Waals surface area contributed by atoms with Crippen LogP contribution in [0.5, 0.6) is 5.75 Å². The number of imide groups is 1. The number of quaternary nitrogens is 1. The van der Waals surface area contributed by atoms with Gasteiger partial charge in [-0.05, 0) is 31.5 Å². The summed E-state index contributed by atoms with van der Waals surface area (Å²) in [7, 11) is 1.53. The summed E-state index contributed by atoms with van der Waals surface area (Å²) in [6, 6.07) is 14.2. The van der Waals surface area contributed by atoms with E-state index in [1.165, 1.54) is 12.0 Å². The average Bonchev–Trinajstić information content (AvgIpc) is 3.22. The van der Waals surface area contributed by atoms with E-state index in [-0.39, 0.29) is 24.5 Å². The molecule has 2 aliphatic rings. The Kier molecular flexibility index (Phi) is 5.31. The van der Waals surface area contributed by atoms with Gasteiger partial charge in [0, 0.05) is 18.6 Å². The van der Waals surface area contributed by atoms with E-state index in [2.05, 4.69) is 0 Å². The lowest BCUT2D eigenvalue weighted by Crippen LogP contribution is -2.97. The van der Waals surface area contributed by atoms with E-state index in [0.717, 1.165) is 11.1 Å². The second-order valence-corrected chi connectivity index (χ2v) is 8.27. The van der Waals surface area contributed by atoms with Crippen molar-refractivity contribution < 1.29 is 29.2 Å². The Morgan fingerprint density at radius 3 is 2.55 bits per heavy atom. The van der Waals surface area contributed by atoms with Crippen LogP contribution >= 0.6 is 0 Å². The first-order valence-corrected chi connectivity index (χ1v) is 10.4. The molecule has 0 spiro atoms. The first-order chi connectivity index (χ1) is 14.8. The van der Waals surface area contributed by atoms with Gasteiger partial charge >= 0.3 is 5.97 Å². The van der Waals surface area contributed by atoms with E-state index in [1.807, 2.05) is 36.5 Å². The average molecular weight is 423 g/mol. The van der Waals surface area contributed by atoms with Crippen molar-refractivity contribution in [2.24, 2.45) is 11.8 Å². The van der Waals surface area contributed by atoms with E-state index >= 15 is 0 Å². The summed E-state index contributed by atoms with van der Waals surface area (Å²) in [5.74, 6) is -2.11. The van der Waals surface area contributed by atoms with Crippen molar-refractivity contribution in [2.75, 3.05) is 18.6 Å². The van der Waals surface area contributed by atoms with E-state index in [1.54, 1.807) is 38.1 Å². The highest BCUT2D eigenvalue weighted by atomic mass is 16.5. The van der Waals surface area contributed by atoms with Gasteiger partial charge in [0.2, 0.25) is 17.4 Å². The number of nitrogens with zero attached hydrogens (tertiary/aromatic N) is 1. The molecule has 2 amide bonds. The van der Waals surface area contributed by atoms with E-state index in [4.69, 9.17) is 9.47 Å². The molecule has 31 heavy (non-hydrogen) atoms. The molecule has 7 heteroatoms. The van der Waals surface area contributed by atoms with E-state index < -0.39 is 23.3 Å². The van der Waals surface area contributed by atoms with Crippen LogP contribution in [-0.4, -0.2) is 37.0 Å². The second-order valence-electron chi connectivity index (χ2n) is 8.27. The number of aryl methyl sites for hydroxylation is 1. The second kappa shape index (κ2) is 7.81. The molecule has 0 aromatic heterocycles. The minimum atomic E-state index is -1.20. The number of esters is 1. The molecule has 2 heterocycles. The summed E-state index contributed by atoms with van der Waals surface area (Å²) in [5, 5.41) is 1.85. The molecule has 0 aliphatic carbocycles. The Morgan fingerprint density at radius 1 is 1.13 bits per heavy atom. The van der Waals surface area contributed by atoms with Crippen LogP contribution in [0.2, 0.25) is 0 Å². The fourth-order valence-corrected chi connectivity index (χ4v) is 4.99. The van der Waals surface area contributed by atoms with Gasteiger partial charge < -0.3 is 14.8 Å². The van der Waals surface area contributed by atoms with Crippen LogP contribution in [0.4, 0.5) is 5.69 Å². The summed E-state index contributed by atoms with van der Waals surface area (Å²) in [4.78, 5) is 41.5. The minimum absolute atomic E-state index is 0.205. The Bertz CT molecular complexity index is 1050. The molecule has 4 rings (SSSR count). The third kappa shape index (κ3) is 3.20. The van der Waals surface area contributed by atoms with E-state index in [9.17, 15) is 14.4 Å². The fraction of sp³-hybridized carbons (Fsp3) is 0.375. The minimum Gasteiger partial charge on any atom is -0.497 e. The highest BCUT2D eigenvalue weighted by Crippen LogP contribution is 2.46. The molecule has 4 atom stereocenters. The molecule has 0 bridgehead atoms. The number of methoxy groups -OCH3 is 1. The molecule has 162 valence electrons. The topological polar surface area (TPSA) is 89.5 Å². The lowest BCUT2D eigenvalue weighted by Gasteiger charge is -2.26. The van der Waals surface area contributed by atoms with Crippen molar-refractivity contribution in [3.8, 4) is 5.75 Å². The molecule has 2 aromatic rings. The molecule has 0 saturated carbocycles. The maximum atomic E-state index is 13.7. The highest BCUT2D eigenvalue weighted by Gasteiger charge is 2.71. The van der Waals surface area contributed by atoms with Gasteiger partial charge in [-0.1, -0.05) is 30.3 Å². The summed E-state index contributed by atoms with van der Waals surface area (Å²) in [5.41, 5.74) is 1.20. The number of nitrogens with two attached hydrogens (primary N) is 1. The van der Waals surface area contributed by atoms with Crippen molar-refractivity contribution in [3.05, 3.63) is 59.7 Å². The van der Waals surface area contributed by atoms with Crippen molar-refractivity contribution in [1.29, 1.82) is 0 Å². The molecule has 2 fully saturated rings. The molecule has 2 aliphatic heterocycles. The van der Waals surface area contributed by atoms with Gasteiger partial charge in [0.05, 0.1) is 19.4 Å². The maximum absolute atomic E-state index is 13.7. The lowest BCUT2D eigenvalue weighted by atomic mass is 9.80. The Morgan fingerprint density at radius 2 is 1.87 bits per heavy atom. The number of carbonyl (C=O) groups excluding carboxylic acids is 3. The predicted molar refractivity (Wildman–Crippen MR) is 113 cm³/mol. The van der Waals surface area contributed by atoms with Gasteiger partial charge in [-0.3, -0.25) is 9.59 Å². The van der Waals surface area contributed by atoms with Crippen LogP contribution in [-0.2, 0) is 19.1 Å². The monoisotopic (exact) mass is 423 g/mol. The molecular formula is C24H27N2O5+. The number of carbonyl (C=O) groups is 3. The van der Waals surface area contributed by atoms with Gasteiger partial charge in [-0.15, -0.1) is 0 Å². The molecule has 0 unspecified atom stereocenters. The van der Waals surface area contributed by atoms with E-state index in [0.29, 0.717) is 11.4 Å². The van der Waals surface area contributed by atoms with Crippen molar-refractivity contribution in [3.63, 3.8) is 0 Å². The summed E-state index contributed by atoms with van der Waals surface area (Å²) in [6.45, 7) is 5.62. The Labute approximate surface area is 181 Å². The van der Waals surface area contributed by atoms with Gasteiger partial charge in [0.25, 0.3) is 0 Å². The number of hydrogen-bond acceptors (Lipinski definition) is 5. The van der Waals surface area contributed by atoms with Gasteiger partial charge in [0.1, 0.15) is 23.6 Å². The number of benzene rings is 2. The normalized spacial score (nSPS) is 27.4. The molecule has 0 radical (unpaired) electrons. The largest absolute Gasteiger partial charge is 0.497 e. The fourth-order valence-electron chi connectivity index (χ4n) is 4.99. The first-order valence-electron chi connectivity index (χ1n) is 10.4. The number of rotatable bonds is 5. The number of hydrogen-bond donors (Lipinski definition) is 1. The molecule has 2 N–H and O–H groups in total. The quantitative estimate of drug-likeness (QED) is 0.585. The van der Waals surface area contributed by atoms with Crippen LogP contribution in [0, 0.1) is 18.8 Å². The summed E-state index contributed by atoms with van der Waals surface area (Å²) >= 11 is 0. The zero-order valence-corrected chi connectivity index (χ0v) is 18.1. The van der Waals surface area contributed by atoms with Crippen LogP contribution in [0.3, 0.4) is 0 Å². The van der Waals surface area contributed by atoms with Gasteiger partial charge in [-0.2, -0.15) is 0 Å². The van der Waals surface area contributed by atoms with Crippen LogP contribution in [0.15, 0.2) is 48.5 Å². The zero-order valence-electron chi connectivity index (χ0n) is 18.1. The maximum Gasteiger partial charge on any atom is 0.368 e. The highest BCUT2D eigenvalue weighted by molar-refractivity contribution is 6.23. The summed E-state index contributed by atoms with van der Waals surface area (Å²) < 4.78 is 10.6. The standard InChI is InChI=1S/C24H26N2O5/c1-5-31-23(29)24(3)19-18(20(25-24)17-12-7-6-9-14(17)2)21(27)26(22(19)28)15-10-8-11-16(13-15)30-4/h6-13,18-20,25H,5H2,1-4H3/p+1/t18-,19+,20-,24-/m0/s1. The third-order valence-corrected chi connectivity index (χ3v) is 6.48. The number of amides is 2. The van der Waals surface area contributed by atoms with Crippen LogP contribution in [0.1, 0.15) is 31.0 Å². The van der Waals surface area contributed by atoms with Crippen molar-refractivity contribution >= 4 is 23.5 Å². The molecule has 7 nitrogen and oxygen atoms in total. The number of anilines is 1. The molecular weight excluding hydrogens is 396 g/mol. The SMILES string of the molecule is CCOC(=O)[C@@]1(C)[NH2+][C@@H](c2ccccc2C)[C@H]2C(=O)N(c3cccc(OC)c3)C(=O)[C@@H]21. The Hall–Kier alpha value is -3.19. The van der Waals surface area contributed by atoms with Crippen molar-refractivity contribution in [1.82, 2.24) is 0 Å². The van der Waals surface area contributed by atoms with Crippen LogP contribution in [0.25, 0.3) is 0 Å². The molecule has 2 saturated heterocycles. The zero-order chi connectivity index (χ0) is 22.3. The lowest BCUT2D eigenvalue weighted by molar-refractivity contribution is -0.731. The van der Waals surface area contributed by atoms with Crippen LogP contribution < -0.4 is 15.0 Å².